The van der Waals surface area contributed by atoms with Gasteiger partial charge in [0.05, 0.1) is 16.8 Å². The minimum atomic E-state index is 0.0928. The molecule has 0 radical (unpaired) electrons. The van der Waals surface area contributed by atoms with Gasteiger partial charge in [-0.15, -0.1) is 11.3 Å². The van der Waals surface area contributed by atoms with Crippen molar-refractivity contribution in [3.8, 4) is 0 Å². The van der Waals surface area contributed by atoms with E-state index in [1.165, 1.54) is 15.6 Å². The van der Waals surface area contributed by atoms with Gasteiger partial charge >= 0.3 is 0 Å². The fourth-order valence-corrected chi connectivity index (χ4v) is 3.38. The molecule has 1 rings (SSSR count). The lowest BCUT2D eigenvalue weighted by Gasteiger charge is -2.30. The first-order valence-electron chi connectivity index (χ1n) is 8.24. The van der Waals surface area contributed by atoms with Crippen molar-refractivity contribution in [2.75, 3.05) is 27.2 Å². The zero-order chi connectivity index (χ0) is 17.5. The van der Waals surface area contributed by atoms with Crippen LogP contribution in [0.2, 0.25) is 0 Å². The Hall–Kier alpha value is -1.14. The Morgan fingerprint density at radius 3 is 2.52 bits per heavy atom. The van der Waals surface area contributed by atoms with E-state index >= 15 is 0 Å². The maximum Gasteiger partial charge on any atom is 0.191 e. The highest BCUT2D eigenvalue weighted by atomic mass is 32.1. The smallest absolute Gasteiger partial charge is 0.191 e. The van der Waals surface area contributed by atoms with Crippen LogP contribution in [0.5, 0.6) is 0 Å². The number of hydrogen-bond acceptors (Lipinski definition) is 4. The maximum absolute atomic E-state index is 5.56. The third kappa shape index (κ3) is 6.47. The molecule has 0 aliphatic carbocycles. The second-order valence-corrected chi connectivity index (χ2v) is 7.97. The molecule has 6 heteroatoms. The molecule has 0 bridgehead atoms. The predicted octanol–water partition coefficient (Wildman–Crippen LogP) is 2.78. The summed E-state index contributed by atoms with van der Waals surface area (Å²) in [7, 11) is 3.54. The summed E-state index contributed by atoms with van der Waals surface area (Å²) in [5.41, 5.74) is 1.32. The van der Waals surface area contributed by atoms with Crippen molar-refractivity contribution in [2.45, 2.75) is 53.6 Å². The van der Waals surface area contributed by atoms with Crippen molar-refractivity contribution < 1.29 is 4.74 Å². The highest BCUT2D eigenvalue weighted by Crippen LogP contribution is 2.21. The summed E-state index contributed by atoms with van der Waals surface area (Å²) in [5, 5.41) is 7.87. The molecule has 2 N–H and O–H groups in total. The molecule has 1 aromatic heterocycles. The van der Waals surface area contributed by atoms with Crippen LogP contribution in [0.4, 0.5) is 0 Å². The summed E-state index contributed by atoms with van der Waals surface area (Å²) in [4.78, 5) is 10.3. The van der Waals surface area contributed by atoms with Gasteiger partial charge < -0.3 is 15.4 Å². The van der Waals surface area contributed by atoms with E-state index in [0.717, 1.165) is 31.9 Å². The molecule has 0 fully saturated rings. The number of aryl methyl sites for hydroxylation is 2. The number of aromatic nitrogens is 1. The summed E-state index contributed by atoms with van der Waals surface area (Å²) in [6.07, 6.45) is 2.05. The highest BCUT2D eigenvalue weighted by Gasteiger charge is 2.24. The van der Waals surface area contributed by atoms with Gasteiger partial charge in [-0.3, -0.25) is 4.99 Å². The molecule has 1 aromatic rings. The molecule has 1 unspecified atom stereocenters. The first kappa shape index (κ1) is 19.9. The number of guanidine groups is 1. The molecule has 0 amide bonds. The van der Waals surface area contributed by atoms with Crippen molar-refractivity contribution in [2.24, 2.45) is 10.4 Å². The molecular formula is C17H32N4OS. The topological polar surface area (TPSA) is 58.5 Å². The number of thiazole rings is 1. The Balaban J connectivity index is 2.42. The predicted molar refractivity (Wildman–Crippen MR) is 99.5 cm³/mol. The minimum absolute atomic E-state index is 0.0928. The van der Waals surface area contributed by atoms with Gasteiger partial charge in [-0.05, 0) is 18.8 Å². The Morgan fingerprint density at radius 1 is 1.35 bits per heavy atom. The summed E-state index contributed by atoms with van der Waals surface area (Å²) in [5.74, 6) is 0.806. The number of ether oxygens (including phenoxy) is 1. The molecule has 132 valence electrons. The van der Waals surface area contributed by atoms with Crippen LogP contribution in [0.1, 0.15) is 43.3 Å². The standard InChI is InChI=1S/C17H32N4OS/c1-8-13-12(2)23-15(21-13)9-10-19-16(18-6)20-11-14(22-7)17(3,4)5/h14H,8-11H2,1-7H3,(H2,18,19,20). The van der Waals surface area contributed by atoms with Crippen LogP contribution >= 0.6 is 11.3 Å². The van der Waals surface area contributed by atoms with Gasteiger partial charge in [0.1, 0.15) is 0 Å². The van der Waals surface area contributed by atoms with Crippen molar-refractivity contribution >= 4 is 17.3 Å². The monoisotopic (exact) mass is 340 g/mol. The molecule has 0 aliphatic heterocycles. The number of nitrogens with one attached hydrogen (secondary N) is 2. The van der Waals surface area contributed by atoms with Crippen LogP contribution in [0, 0.1) is 12.3 Å². The molecule has 1 heterocycles. The fraction of sp³-hybridized carbons (Fsp3) is 0.765. The van der Waals surface area contributed by atoms with Gasteiger partial charge in [0, 0.05) is 38.5 Å². The first-order valence-corrected chi connectivity index (χ1v) is 9.05. The van der Waals surface area contributed by atoms with Crippen LogP contribution in [-0.2, 0) is 17.6 Å². The van der Waals surface area contributed by atoms with Gasteiger partial charge in [-0.25, -0.2) is 4.98 Å². The van der Waals surface area contributed by atoms with E-state index in [9.17, 15) is 0 Å². The Bertz CT molecular complexity index is 505. The largest absolute Gasteiger partial charge is 0.379 e. The maximum atomic E-state index is 5.56. The van der Waals surface area contributed by atoms with Crippen molar-refractivity contribution in [1.29, 1.82) is 0 Å². The first-order chi connectivity index (χ1) is 10.8. The number of rotatable bonds is 7. The van der Waals surface area contributed by atoms with Gasteiger partial charge in [0.2, 0.25) is 0 Å². The van der Waals surface area contributed by atoms with Crippen LogP contribution in [-0.4, -0.2) is 44.3 Å². The average Bonchev–Trinajstić information content (AvgIpc) is 2.84. The Kier molecular flexibility index (Phi) is 7.99. The quantitative estimate of drug-likeness (QED) is 0.592. The van der Waals surface area contributed by atoms with Crippen LogP contribution in [0.25, 0.3) is 0 Å². The van der Waals surface area contributed by atoms with E-state index in [-0.39, 0.29) is 11.5 Å². The molecule has 0 saturated heterocycles. The van der Waals surface area contributed by atoms with Crippen LogP contribution < -0.4 is 10.6 Å². The average molecular weight is 341 g/mol. The van der Waals surface area contributed by atoms with Crippen molar-refractivity contribution in [3.63, 3.8) is 0 Å². The van der Waals surface area contributed by atoms with Crippen molar-refractivity contribution in [1.82, 2.24) is 15.6 Å². The third-order valence-corrected chi connectivity index (χ3v) is 4.90. The van der Waals surface area contributed by atoms with E-state index in [1.807, 2.05) is 0 Å². The van der Waals surface area contributed by atoms with E-state index in [2.05, 4.69) is 55.2 Å². The number of nitrogens with zero attached hydrogens (tertiary/aromatic N) is 2. The fourth-order valence-electron chi connectivity index (χ4n) is 2.36. The molecule has 1 atom stereocenters. The van der Waals surface area contributed by atoms with E-state index < -0.39 is 0 Å². The second-order valence-electron chi connectivity index (χ2n) is 6.68. The van der Waals surface area contributed by atoms with Gasteiger partial charge in [-0.1, -0.05) is 27.7 Å². The molecule has 0 aliphatic rings. The molecular weight excluding hydrogens is 308 g/mol. The van der Waals surface area contributed by atoms with E-state index in [4.69, 9.17) is 4.74 Å². The SMILES string of the molecule is CCc1nc(CCNC(=NC)NCC(OC)C(C)(C)C)sc1C. The summed E-state index contributed by atoms with van der Waals surface area (Å²) >= 11 is 1.79. The lowest BCUT2D eigenvalue weighted by atomic mass is 9.89. The number of aliphatic imine (C=N–C) groups is 1. The highest BCUT2D eigenvalue weighted by molar-refractivity contribution is 7.11. The van der Waals surface area contributed by atoms with Gasteiger partial charge in [0.15, 0.2) is 5.96 Å². The van der Waals surface area contributed by atoms with E-state index in [0.29, 0.717) is 0 Å². The van der Waals surface area contributed by atoms with Crippen LogP contribution in [0.3, 0.4) is 0 Å². The Morgan fingerprint density at radius 2 is 2.04 bits per heavy atom. The lowest BCUT2D eigenvalue weighted by Crippen LogP contribution is -2.45. The Labute approximate surface area is 145 Å². The molecule has 23 heavy (non-hydrogen) atoms. The number of hydrogen-bond donors (Lipinski definition) is 2. The zero-order valence-corrected chi connectivity index (χ0v) is 16.4. The summed E-state index contributed by atoms with van der Waals surface area (Å²) in [6.45, 7) is 12.4. The number of methoxy groups -OCH3 is 1. The van der Waals surface area contributed by atoms with E-state index in [1.54, 1.807) is 25.5 Å². The molecule has 0 saturated carbocycles. The van der Waals surface area contributed by atoms with Crippen molar-refractivity contribution in [3.05, 3.63) is 15.6 Å². The molecule has 0 spiro atoms. The molecule has 0 aromatic carbocycles. The summed E-state index contributed by atoms with van der Waals surface area (Å²) < 4.78 is 5.56. The zero-order valence-electron chi connectivity index (χ0n) is 15.6. The van der Waals surface area contributed by atoms with Gasteiger partial charge in [0.25, 0.3) is 0 Å². The normalized spacial score (nSPS) is 14.0. The molecule has 5 nitrogen and oxygen atoms in total. The third-order valence-electron chi connectivity index (χ3n) is 3.83. The minimum Gasteiger partial charge on any atom is -0.379 e. The summed E-state index contributed by atoms with van der Waals surface area (Å²) in [6, 6.07) is 0. The lowest BCUT2D eigenvalue weighted by molar-refractivity contribution is 0.0205. The van der Waals surface area contributed by atoms with Crippen LogP contribution in [0.15, 0.2) is 4.99 Å². The van der Waals surface area contributed by atoms with Gasteiger partial charge in [-0.2, -0.15) is 0 Å². The second kappa shape index (κ2) is 9.23.